The normalized spacial score (nSPS) is 19.1. The van der Waals surface area contributed by atoms with Gasteiger partial charge in [0.25, 0.3) is 0 Å². The Bertz CT molecular complexity index is 416. The Labute approximate surface area is 113 Å². The Morgan fingerprint density at radius 3 is 3.00 bits per heavy atom. The molecule has 1 aromatic carbocycles. The number of ether oxygens (including phenoxy) is 1. The molecule has 1 N–H and O–H groups in total. The van der Waals surface area contributed by atoms with E-state index in [0.717, 1.165) is 19.4 Å². The maximum Gasteiger partial charge on any atom is 0.220 e. The van der Waals surface area contributed by atoms with Crippen molar-refractivity contribution in [3.63, 3.8) is 0 Å². The van der Waals surface area contributed by atoms with Crippen molar-refractivity contribution < 1.29 is 13.9 Å². The van der Waals surface area contributed by atoms with Crippen LogP contribution in [0.1, 0.15) is 24.8 Å². The summed E-state index contributed by atoms with van der Waals surface area (Å²) in [4.78, 5) is 11.7. The monoisotopic (exact) mass is 265 g/mol. The molecule has 1 heterocycles. The Morgan fingerprint density at radius 2 is 2.26 bits per heavy atom. The van der Waals surface area contributed by atoms with Crippen LogP contribution in [0.25, 0.3) is 0 Å². The number of hydrogen-bond acceptors (Lipinski definition) is 2. The van der Waals surface area contributed by atoms with Crippen LogP contribution in [0.2, 0.25) is 0 Å². The molecule has 1 unspecified atom stereocenters. The van der Waals surface area contributed by atoms with Gasteiger partial charge in [-0.15, -0.1) is 0 Å². The first-order valence-corrected chi connectivity index (χ1v) is 6.83. The van der Waals surface area contributed by atoms with E-state index in [9.17, 15) is 9.18 Å². The minimum Gasteiger partial charge on any atom is -0.381 e. The highest BCUT2D eigenvalue weighted by Crippen LogP contribution is 2.16. The second-order valence-corrected chi connectivity index (χ2v) is 4.98. The van der Waals surface area contributed by atoms with Crippen molar-refractivity contribution in [3.8, 4) is 0 Å². The molecule has 0 spiro atoms. The van der Waals surface area contributed by atoms with E-state index in [4.69, 9.17) is 4.74 Å². The van der Waals surface area contributed by atoms with Crippen LogP contribution < -0.4 is 5.32 Å². The van der Waals surface area contributed by atoms with Crippen molar-refractivity contribution in [2.75, 3.05) is 19.8 Å². The van der Waals surface area contributed by atoms with E-state index < -0.39 is 0 Å². The highest BCUT2D eigenvalue weighted by atomic mass is 19.1. The summed E-state index contributed by atoms with van der Waals surface area (Å²) in [5, 5.41) is 2.84. The van der Waals surface area contributed by atoms with Crippen LogP contribution in [0, 0.1) is 11.7 Å². The largest absolute Gasteiger partial charge is 0.381 e. The number of halogens is 1. The number of amides is 1. The number of nitrogens with one attached hydrogen (secondary N) is 1. The van der Waals surface area contributed by atoms with Crippen molar-refractivity contribution >= 4 is 5.91 Å². The Balaban J connectivity index is 1.67. The zero-order valence-corrected chi connectivity index (χ0v) is 11.0. The fourth-order valence-corrected chi connectivity index (χ4v) is 2.34. The third-order valence-corrected chi connectivity index (χ3v) is 3.40. The molecule has 1 aromatic rings. The van der Waals surface area contributed by atoms with Gasteiger partial charge in [-0.1, -0.05) is 18.2 Å². The van der Waals surface area contributed by atoms with Gasteiger partial charge in [-0.2, -0.15) is 0 Å². The lowest BCUT2D eigenvalue weighted by Gasteiger charge is -2.21. The SMILES string of the molecule is O=C(CC1CCCOC1)NCCc1ccccc1F. The molecule has 1 aliphatic rings. The minimum absolute atomic E-state index is 0.0341. The first-order valence-electron chi connectivity index (χ1n) is 6.83. The average Bonchev–Trinajstić information content (AvgIpc) is 2.42. The molecule has 0 saturated carbocycles. The van der Waals surface area contributed by atoms with Gasteiger partial charge in [0.2, 0.25) is 5.91 Å². The average molecular weight is 265 g/mol. The Hall–Kier alpha value is -1.42. The molecule has 19 heavy (non-hydrogen) atoms. The lowest BCUT2D eigenvalue weighted by atomic mass is 9.98. The number of benzene rings is 1. The number of hydrogen-bond donors (Lipinski definition) is 1. The van der Waals surface area contributed by atoms with Crippen LogP contribution in [-0.4, -0.2) is 25.7 Å². The van der Waals surface area contributed by atoms with Gasteiger partial charge in [-0.3, -0.25) is 4.79 Å². The summed E-state index contributed by atoms with van der Waals surface area (Å²) in [7, 11) is 0. The van der Waals surface area contributed by atoms with Crippen LogP contribution in [0.4, 0.5) is 4.39 Å². The predicted molar refractivity (Wildman–Crippen MR) is 71.3 cm³/mol. The molecule has 1 fully saturated rings. The molecule has 0 aromatic heterocycles. The van der Waals surface area contributed by atoms with E-state index in [1.165, 1.54) is 6.07 Å². The first kappa shape index (κ1) is 14.0. The maximum absolute atomic E-state index is 13.4. The van der Waals surface area contributed by atoms with Crippen molar-refractivity contribution in [2.45, 2.75) is 25.7 Å². The van der Waals surface area contributed by atoms with Gasteiger partial charge in [-0.05, 0) is 36.8 Å². The van der Waals surface area contributed by atoms with Gasteiger partial charge in [0.15, 0.2) is 0 Å². The Morgan fingerprint density at radius 1 is 1.42 bits per heavy atom. The Kier molecular flexibility index (Phi) is 5.33. The second kappa shape index (κ2) is 7.24. The summed E-state index contributed by atoms with van der Waals surface area (Å²) in [5.41, 5.74) is 0.642. The number of carbonyl (C=O) groups excluding carboxylic acids is 1. The third-order valence-electron chi connectivity index (χ3n) is 3.40. The lowest BCUT2D eigenvalue weighted by molar-refractivity contribution is -0.123. The van der Waals surface area contributed by atoms with Gasteiger partial charge < -0.3 is 10.1 Å². The van der Waals surface area contributed by atoms with E-state index >= 15 is 0 Å². The molecule has 3 nitrogen and oxygen atoms in total. The van der Waals surface area contributed by atoms with E-state index in [0.29, 0.717) is 37.5 Å². The molecular formula is C15H20FNO2. The summed E-state index contributed by atoms with van der Waals surface area (Å²) >= 11 is 0. The second-order valence-electron chi connectivity index (χ2n) is 4.98. The van der Waals surface area contributed by atoms with E-state index in [1.54, 1.807) is 18.2 Å². The molecule has 104 valence electrons. The highest BCUT2D eigenvalue weighted by Gasteiger charge is 2.17. The number of carbonyl (C=O) groups is 1. The third kappa shape index (κ3) is 4.63. The molecule has 0 bridgehead atoms. The van der Waals surface area contributed by atoms with Crippen LogP contribution in [0.15, 0.2) is 24.3 Å². The topological polar surface area (TPSA) is 38.3 Å². The molecule has 0 radical (unpaired) electrons. The summed E-state index contributed by atoms with van der Waals surface area (Å²) in [6.07, 6.45) is 3.13. The van der Waals surface area contributed by atoms with Crippen LogP contribution in [0.3, 0.4) is 0 Å². The van der Waals surface area contributed by atoms with Crippen molar-refractivity contribution in [2.24, 2.45) is 5.92 Å². The molecule has 1 aliphatic heterocycles. The lowest BCUT2D eigenvalue weighted by Crippen LogP contribution is -2.30. The summed E-state index contributed by atoms with van der Waals surface area (Å²) in [6, 6.07) is 6.66. The first-order chi connectivity index (χ1) is 9.25. The predicted octanol–water partition coefficient (Wildman–Crippen LogP) is 2.30. The highest BCUT2D eigenvalue weighted by molar-refractivity contribution is 5.76. The van der Waals surface area contributed by atoms with Crippen LogP contribution in [-0.2, 0) is 16.0 Å². The quantitative estimate of drug-likeness (QED) is 0.887. The molecule has 2 rings (SSSR count). The van der Waals surface area contributed by atoms with Crippen LogP contribution >= 0.6 is 0 Å². The van der Waals surface area contributed by atoms with Crippen molar-refractivity contribution in [1.82, 2.24) is 5.32 Å². The van der Waals surface area contributed by atoms with Gasteiger partial charge in [0.05, 0.1) is 0 Å². The fourth-order valence-electron chi connectivity index (χ4n) is 2.34. The van der Waals surface area contributed by atoms with Crippen molar-refractivity contribution in [1.29, 1.82) is 0 Å². The van der Waals surface area contributed by atoms with Gasteiger partial charge in [0.1, 0.15) is 5.82 Å². The van der Waals surface area contributed by atoms with E-state index in [1.807, 2.05) is 0 Å². The van der Waals surface area contributed by atoms with Crippen molar-refractivity contribution in [3.05, 3.63) is 35.6 Å². The minimum atomic E-state index is -0.211. The molecule has 1 amide bonds. The fraction of sp³-hybridized carbons (Fsp3) is 0.533. The molecule has 1 atom stereocenters. The summed E-state index contributed by atoms with van der Waals surface area (Å²) in [5.74, 6) is 0.159. The summed E-state index contributed by atoms with van der Waals surface area (Å²) < 4.78 is 18.7. The van der Waals surface area contributed by atoms with E-state index in [2.05, 4.69) is 5.32 Å². The zero-order valence-electron chi connectivity index (χ0n) is 11.0. The molecule has 0 aliphatic carbocycles. The maximum atomic E-state index is 13.4. The number of rotatable bonds is 5. The van der Waals surface area contributed by atoms with E-state index in [-0.39, 0.29) is 11.7 Å². The summed E-state index contributed by atoms with van der Waals surface area (Å²) in [6.45, 7) is 1.97. The molecule has 1 saturated heterocycles. The van der Waals surface area contributed by atoms with Gasteiger partial charge in [0, 0.05) is 26.2 Å². The van der Waals surface area contributed by atoms with Gasteiger partial charge in [-0.25, -0.2) is 4.39 Å². The van der Waals surface area contributed by atoms with Crippen LogP contribution in [0.5, 0.6) is 0 Å². The van der Waals surface area contributed by atoms with Gasteiger partial charge >= 0.3 is 0 Å². The molecule has 4 heteroatoms. The smallest absolute Gasteiger partial charge is 0.220 e. The molecular weight excluding hydrogens is 245 g/mol. The zero-order chi connectivity index (χ0) is 13.5. The standard InChI is InChI=1S/C15H20FNO2/c16-14-6-2-1-5-13(14)7-8-17-15(18)10-12-4-3-9-19-11-12/h1-2,5-6,12H,3-4,7-11H2,(H,17,18).